The Balaban J connectivity index is 0.00000208. The Bertz CT molecular complexity index is 643. The molecule has 0 nitrogen and oxygen atoms in total. The SMILES string of the molecule is Br.c1ccc(CCCCP(c2ccccc2)c2ccccc2)cc1. The molecule has 0 heterocycles. The minimum absolute atomic E-state index is 0. The number of benzene rings is 3. The van der Waals surface area contributed by atoms with Gasteiger partial charge in [-0.05, 0) is 49.5 Å². The van der Waals surface area contributed by atoms with E-state index in [1.54, 1.807) is 0 Å². The van der Waals surface area contributed by atoms with Crippen LogP contribution in [-0.2, 0) is 6.42 Å². The number of hydrogen-bond acceptors (Lipinski definition) is 0. The van der Waals surface area contributed by atoms with E-state index in [4.69, 9.17) is 0 Å². The zero-order valence-electron chi connectivity index (χ0n) is 13.8. The van der Waals surface area contributed by atoms with Crippen molar-refractivity contribution in [3.8, 4) is 0 Å². The average Bonchev–Trinajstić information content (AvgIpc) is 2.64. The zero-order chi connectivity index (χ0) is 15.7. The van der Waals surface area contributed by atoms with Gasteiger partial charge >= 0.3 is 0 Å². The van der Waals surface area contributed by atoms with Crippen LogP contribution in [0.1, 0.15) is 18.4 Å². The summed E-state index contributed by atoms with van der Waals surface area (Å²) < 4.78 is 0. The van der Waals surface area contributed by atoms with Gasteiger partial charge < -0.3 is 0 Å². The van der Waals surface area contributed by atoms with Crippen LogP contribution in [0.4, 0.5) is 0 Å². The maximum Gasteiger partial charge on any atom is -0.0195 e. The van der Waals surface area contributed by atoms with E-state index in [1.807, 2.05) is 0 Å². The highest BCUT2D eigenvalue weighted by molar-refractivity contribution is 8.93. The summed E-state index contributed by atoms with van der Waals surface area (Å²) in [4.78, 5) is 0. The summed E-state index contributed by atoms with van der Waals surface area (Å²) in [5.41, 5.74) is 1.45. The lowest BCUT2D eigenvalue weighted by atomic mass is 10.1. The van der Waals surface area contributed by atoms with Crippen LogP contribution in [-0.4, -0.2) is 6.16 Å². The molecule has 0 atom stereocenters. The fourth-order valence-electron chi connectivity index (χ4n) is 2.87. The highest BCUT2D eigenvalue weighted by Gasteiger charge is 2.12. The number of halogens is 1. The van der Waals surface area contributed by atoms with Crippen LogP contribution >= 0.6 is 24.9 Å². The van der Waals surface area contributed by atoms with Gasteiger partial charge in [0.25, 0.3) is 0 Å². The average molecular weight is 399 g/mol. The number of rotatable bonds is 7. The normalized spacial score (nSPS) is 10.4. The van der Waals surface area contributed by atoms with Gasteiger partial charge in [-0.1, -0.05) is 91.0 Å². The monoisotopic (exact) mass is 398 g/mol. The molecule has 0 N–H and O–H groups in total. The number of aryl methyl sites for hydroxylation is 1. The second kappa shape index (κ2) is 10.4. The largest absolute Gasteiger partial charge is 0.114 e. The van der Waals surface area contributed by atoms with E-state index in [0.29, 0.717) is 0 Å². The molecule has 0 aliphatic rings. The Morgan fingerprint density at radius 2 is 1.00 bits per heavy atom. The summed E-state index contributed by atoms with van der Waals surface area (Å²) >= 11 is 0. The Morgan fingerprint density at radius 3 is 1.50 bits per heavy atom. The smallest absolute Gasteiger partial charge is 0.0195 e. The first-order valence-corrected chi connectivity index (χ1v) is 9.88. The van der Waals surface area contributed by atoms with Crippen LogP contribution in [0.2, 0.25) is 0 Å². The van der Waals surface area contributed by atoms with E-state index in [2.05, 4.69) is 91.0 Å². The van der Waals surface area contributed by atoms with E-state index >= 15 is 0 Å². The van der Waals surface area contributed by atoms with Crippen LogP contribution in [0.25, 0.3) is 0 Å². The molecule has 0 aliphatic heterocycles. The third-order valence-corrected chi connectivity index (χ3v) is 6.68. The molecule has 124 valence electrons. The van der Waals surface area contributed by atoms with Crippen molar-refractivity contribution in [2.45, 2.75) is 19.3 Å². The van der Waals surface area contributed by atoms with Crippen LogP contribution < -0.4 is 10.6 Å². The fourth-order valence-corrected chi connectivity index (χ4v) is 5.29. The Hall–Kier alpha value is -1.43. The lowest BCUT2D eigenvalue weighted by molar-refractivity contribution is 0.801. The number of hydrogen-bond donors (Lipinski definition) is 0. The second-order valence-electron chi connectivity index (χ2n) is 5.77. The predicted molar refractivity (Wildman–Crippen MR) is 114 cm³/mol. The van der Waals surface area contributed by atoms with Crippen molar-refractivity contribution >= 4 is 35.5 Å². The van der Waals surface area contributed by atoms with Gasteiger partial charge in [0.2, 0.25) is 0 Å². The minimum Gasteiger partial charge on any atom is -0.114 e. The van der Waals surface area contributed by atoms with Gasteiger partial charge in [0.05, 0.1) is 0 Å². The summed E-state index contributed by atoms with van der Waals surface area (Å²) in [5, 5.41) is 2.99. The summed E-state index contributed by atoms with van der Waals surface area (Å²) in [7, 11) is -0.231. The van der Waals surface area contributed by atoms with Gasteiger partial charge in [0.1, 0.15) is 0 Å². The molecule has 0 unspecified atom stereocenters. The lowest BCUT2D eigenvalue weighted by Gasteiger charge is -2.18. The fraction of sp³-hybridized carbons (Fsp3) is 0.182. The molecule has 24 heavy (non-hydrogen) atoms. The third-order valence-electron chi connectivity index (χ3n) is 4.08. The molecular weight excluding hydrogens is 375 g/mol. The van der Waals surface area contributed by atoms with Crippen LogP contribution in [0.5, 0.6) is 0 Å². The Morgan fingerprint density at radius 1 is 0.542 bits per heavy atom. The summed E-state index contributed by atoms with van der Waals surface area (Å²) in [6.45, 7) is 0. The molecule has 0 spiro atoms. The molecule has 3 rings (SSSR count). The van der Waals surface area contributed by atoms with Gasteiger partial charge in [-0.3, -0.25) is 0 Å². The zero-order valence-corrected chi connectivity index (χ0v) is 16.5. The van der Waals surface area contributed by atoms with Crippen molar-refractivity contribution in [2.24, 2.45) is 0 Å². The maximum absolute atomic E-state index is 2.29. The third kappa shape index (κ3) is 5.58. The maximum atomic E-state index is 2.29. The first-order chi connectivity index (χ1) is 11.4. The molecule has 0 saturated carbocycles. The molecule has 0 aliphatic carbocycles. The first-order valence-electron chi connectivity index (χ1n) is 8.35. The standard InChI is InChI=1S/C22H23P.BrH/c1-4-12-20(13-5-1)14-10-11-19-23(21-15-6-2-7-16-21)22-17-8-3-9-18-22;/h1-9,12-13,15-18H,10-11,14,19H2;1H. The van der Waals surface area contributed by atoms with Crippen molar-refractivity contribution in [2.75, 3.05) is 6.16 Å². The van der Waals surface area contributed by atoms with Crippen molar-refractivity contribution in [3.05, 3.63) is 96.6 Å². The molecule has 0 radical (unpaired) electrons. The lowest BCUT2D eigenvalue weighted by Crippen LogP contribution is -2.13. The molecule has 3 aromatic carbocycles. The molecule has 0 bridgehead atoms. The van der Waals surface area contributed by atoms with Gasteiger partial charge in [-0.25, -0.2) is 0 Å². The van der Waals surface area contributed by atoms with E-state index < -0.39 is 0 Å². The van der Waals surface area contributed by atoms with Gasteiger partial charge in [0.15, 0.2) is 0 Å². The van der Waals surface area contributed by atoms with E-state index in [-0.39, 0.29) is 24.9 Å². The molecule has 0 fully saturated rings. The van der Waals surface area contributed by atoms with Crippen molar-refractivity contribution < 1.29 is 0 Å². The Labute approximate surface area is 157 Å². The molecule has 0 saturated heterocycles. The predicted octanol–water partition coefficient (Wildman–Crippen LogP) is 5.72. The topological polar surface area (TPSA) is 0 Å². The highest BCUT2D eigenvalue weighted by Crippen LogP contribution is 2.34. The molecule has 0 aromatic heterocycles. The van der Waals surface area contributed by atoms with Crippen LogP contribution in [0, 0.1) is 0 Å². The summed E-state index contributed by atoms with van der Waals surface area (Å²) in [6.07, 6.45) is 5.01. The summed E-state index contributed by atoms with van der Waals surface area (Å²) in [5.74, 6) is 0. The quantitative estimate of drug-likeness (QED) is 0.352. The number of unbranched alkanes of at least 4 members (excludes halogenated alkanes) is 1. The van der Waals surface area contributed by atoms with Crippen molar-refractivity contribution in [1.29, 1.82) is 0 Å². The van der Waals surface area contributed by atoms with E-state index in [1.165, 1.54) is 41.6 Å². The molecule has 2 heteroatoms. The van der Waals surface area contributed by atoms with E-state index in [0.717, 1.165) is 0 Å². The van der Waals surface area contributed by atoms with Gasteiger partial charge in [-0.15, -0.1) is 17.0 Å². The summed E-state index contributed by atoms with van der Waals surface area (Å²) in [6, 6.07) is 32.9. The highest BCUT2D eigenvalue weighted by atomic mass is 79.9. The van der Waals surface area contributed by atoms with Crippen molar-refractivity contribution in [1.82, 2.24) is 0 Å². The molecule has 3 aromatic rings. The molecular formula is C22H24BrP. The second-order valence-corrected chi connectivity index (χ2v) is 8.10. The van der Waals surface area contributed by atoms with Crippen LogP contribution in [0.15, 0.2) is 91.0 Å². The minimum atomic E-state index is -0.231. The van der Waals surface area contributed by atoms with Gasteiger partial charge in [0, 0.05) is 0 Å². The van der Waals surface area contributed by atoms with Gasteiger partial charge in [-0.2, -0.15) is 0 Å². The van der Waals surface area contributed by atoms with E-state index in [9.17, 15) is 0 Å². The first kappa shape index (κ1) is 18.9. The van der Waals surface area contributed by atoms with Crippen LogP contribution in [0.3, 0.4) is 0 Å². The molecule has 0 amide bonds. The Kier molecular flexibility index (Phi) is 8.22. The van der Waals surface area contributed by atoms with Crippen molar-refractivity contribution in [3.63, 3.8) is 0 Å².